The van der Waals surface area contributed by atoms with Gasteiger partial charge < -0.3 is 14.0 Å². The monoisotopic (exact) mass is 346 g/mol. The second kappa shape index (κ2) is 7.59. The Labute approximate surface area is 148 Å². The van der Waals surface area contributed by atoms with Crippen LogP contribution in [0.4, 0.5) is 5.88 Å². The van der Waals surface area contributed by atoms with Gasteiger partial charge in [0, 0.05) is 11.0 Å². The maximum absolute atomic E-state index is 12.8. The van der Waals surface area contributed by atoms with E-state index in [9.17, 15) is 4.79 Å². The zero-order chi connectivity index (χ0) is 18.6. The Morgan fingerprint density at radius 1 is 1.20 bits per heavy atom. The Hall–Kier alpha value is -2.50. The number of carbonyl (C=O) groups is 1. The molecule has 0 bridgehead atoms. The summed E-state index contributed by atoms with van der Waals surface area (Å²) < 4.78 is 16.0. The molecule has 2 aromatic rings. The van der Waals surface area contributed by atoms with Gasteiger partial charge in [0.2, 0.25) is 5.88 Å². The average Bonchev–Trinajstić information content (AvgIpc) is 3.01. The molecule has 0 spiro atoms. The van der Waals surface area contributed by atoms with Crippen molar-refractivity contribution >= 4 is 11.8 Å². The van der Waals surface area contributed by atoms with Crippen LogP contribution in [0.15, 0.2) is 22.7 Å². The van der Waals surface area contributed by atoms with Crippen molar-refractivity contribution in [2.75, 3.05) is 19.5 Å². The minimum atomic E-state index is -0.366. The van der Waals surface area contributed by atoms with E-state index in [1.807, 2.05) is 6.92 Å². The van der Waals surface area contributed by atoms with Crippen LogP contribution in [0.25, 0.3) is 0 Å². The molecule has 1 aromatic carbocycles. The summed E-state index contributed by atoms with van der Waals surface area (Å²) in [6.45, 7) is 8.29. The zero-order valence-electron chi connectivity index (χ0n) is 15.7. The van der Waals surface area contributed by atoms with Crippen molar-refractivity contribution in [3.63, 3.8) is 0 Å². The Kier molecular flexibility index (Phi) is 5.72. The van der Waals surface area contributed by atoms with Gasteiger partial charge in [0.25, 0.3) is 5.91 Å². The normalized spacial score (nSPS) is 11.3. The van der Waals surface area contributed by atoms with Crippen molar-refractivity contribution in [3.8, 4) is 11.5 Å². The molecule has 1 aromatic heterocycles. The first kappa shape index (κ1) is 18.8. The van der Waals surface area contributed by atoms with Gasteiger partial charge in [0.05, 0.1) is 19.9 Å². The molecule has 0 saturated heterocycles. The van der Waals surface area contributed by atoms with E-state index in [4.69, 9.17) is 14.0 Å². The fourth-order valence-corrected chi connectivity index (χ4v) is 2.84. The van der Waals surface area contributed by atoms with Crippen LogP contribution in [0.5, 0.6) is 11.5 Å². The third kappa shape index (κ3) is 3.48. The first-order chi connectivity index (χ1) is 11.9. The number of rotatable bonds is 7. The van der Waals surface area contributed by atoms with E-state index < -0.39 is 0 Å². The molecule has 0 aliphatic heterocycles. The van der Waals surface area contributed by atoms with Crippen molar-refractivity contribution in [2.45, 2.75) is 46.0 Å². The summed E-state index contributed by atoms with van der Waals surface area (Å²) in [4.78, 5) is 12.8. The number of methoxy groups -OCH3 is 2. The topological polar surface area (TPSA) is 73.6 Å². The van der Waals surface area contributed by atoms with Gasteiger partial charge in [-0.15, -0.1) is 0 Å². The van der Waals surface area contributed by atoms with Crippen molar-refractivity contribution in [3.05, 3.63) is 35.0 Å². The number of nitrogens with one attached hydrogen (secondary N) is 1. The van der Waals surface area contributed by atoms with Crippen molar-refractivity contribution in [1.29, 1.82) is 0 Å². The molecule has 1 N–H and O–H groups in total. The number of ether oxygens (including phenoxy) is 2. The van der Waals surface area contributed by atoms with E-state index in [0.29, 0.717) is 22.9 Å². The molecule has 2 rings (SSSR count). The second-order valence-electron chi connectivity index (χ2n) is 6.24. The smallest absolute Gasteiger partial charge is 0.265 e. The van der Waals surface area contributed by atoms with E-state index in [0.717, 1.165) is 24.1 Å². The number of carbonyl (C=O) groups excluding carboxylic acids is 1. The standard InChI is InChI=1S/C19H26N2O4/c1-7-19(4,8-2)16-12(3)18(25-21-16)20-17(22)15-13(23-5)10-9-11-14(15)24-6/h9-11H,7-8H2,1-6H3,(H,20,22). The fourth-order valence-electron chi connectivity index (χ4n) is 2.84. The fraction of sp³-hybridized carbons (Fsp3) is 0.474. The minimum Gasteiger partial charge on any atom is -0.496 e. The Balaban J connectivity index is 2.36. The predicted octanol–water partition coefficient (Wildman–Crippen LogP) is 4.33. The zero-order valence-corrected chi connectivity index (χ0v) is 15.7. The summed E-state index contributed by atoms with van der Waals surface area (Å²) >= 11 is 0. The van der Waals surface area contributed by atoms with Crippen LogP contribution in [0.2, 0.25) is 0 Å². The first-order valence-electron chi connectivity index (χ1n) is 8.40. The third-order valence-electron chi connectivity index (χ3n) is 4.94. The number of aromatic nitrogens is 1. The summed E-state index contributed by atoms with van der Waals surface area (Å²) in [5.74, 6) is 0.846. The number of hydrogen-bond acceptors (Lipinski definition) is 5. The van der Waals surface area contributed by atoms with Gasteiger partial charge in [-0.3, -0.25) is 10.1 Å². The molecule has 0 fully saturated rings. The number of nitrogens with zero attached hydrogens (tertiary/aromatic N) is 1. The van der Waals surface area contributed by atoms with Crippen LogP contribution in [0.3, 0.4) is 0 Å². The van der Waals surface area contributed by atoms with Crippen LogP contribution >= 0.6 is 0 Å². The summed E-state index contributed by atoms with van der Waals surface area (Å²) in [5, 5.41) is 7.00. The first-order valence-corrected chi connectivity index (χ1v) is 8.40. The molecule has 1 amide bonds. The molecule has 6 heteroatoms. The highest BCUT2D eigenvalue weighted by molar-refractivity contribution is 6.07. The Bertz CT molecular complexity index is 726. The quantitative estimate of drug-likeness (QED) is 0.808. The van der Waals surface area contributed by atoms with Crippen molar-refractivity contribution in [1.82, 2.24) is 5.16 Å². The van der Waals surface area contributed by atoms with E-state index in [1.165, 1.54) is 14.2 Å². The van der Waals surface area contributed by atoms with E-state index in [1.54, 1.807) is 18.2 Å². The Morgan fingerprint density at radius 3 is 2.24 bits per heavy atom. The van der Waals surface area contributed by atoms with E-state index in [-0.39, 0.29) is 11.3 Å². The number of amides is 1. The largest absolute Gasteiger partial charge is 0.496 e. The molecular formula is C19H26N2O4. The lowest BCUT2D eigenvalue weighted by Gasteiger charge is -2.24. The molecule has 0 radical (unpaired) electrons. The predicted molar refractivity (Wildman–Crippen MR) is 96.7 cm³/mol. The molecule has 0 unspecified atom stereocenters. The maximum Gasteiger partial charge on any atom is 0.265 e. The van der Waals surface area contributed by atoms with Crippen molar-refractivity contribution < 1.29 is 18.8 Å². The SMILES string of the molecule is CCC(C)(CC)c1noc(NC(=O)c2c(OC)cccc2OC)c1C. The molecule has 1 heterocycles. The van der Waals surface area contributed by atoms with Crippen LogP contribution in [0.1, 0.15) is 55.2 Å². The van der Waals surface area contributed by atoms with Gasteiger partial charge in [0.1, 0.15) is 17.1 Å². The highest BCUT2D eigenvalue weighted by atomic mass is 16.5. The lowest BCUT2D eigenvalue weighted by molar-refractivity contribution is 0.101. The van der Waals surface area contributed by atoms with E-state index >= 15 is 0 Å². The summed E-state index contributed by atoms with van der Waals surface area (Å²) in [6.07, 6.45) is 1.87. The molecule has 0 atom stereocenters. The molecule has 0 saturated carbocycles. The van der Waals surface area contributed by atoms with Crippen LogP contribution in [0, 0.1) is 6.92 Å². The number of hydrogen-bond donors (Lipinski definition) is 1. The lowest BCUT2D eigenvalue weighted by atomic mass is 9.80. The second-order valence-corrected chi connectivity index (χ2v) is 6.24. The molecule has 0 aliphatic rings. The van der Waals surface area contributed by atoms with Gasteiger partial charge in [-0.1, -0.05) is 32.0 Å². The van der Waals surface area contributed by atoms with E-state index in [2.05, 4.69) is 31.2 Å². The van der Waals surface area contributed by atoms with Crippen molar-refractivity contribution in [2.24, 2.45) is 0 Å². The van der Waals surface area contributed by atoms with Crippen LogP contribution in [-0.2, 0) is 5.41 Å². The Morgan fingerprint density at radius 2 is 1.76 bits per heavy atom. The van der Waals surface area contributed by atoms with Gasteiger partial charge in [-0.2, -0.15) is 0 Å². The minimum absolute atomic E-state index is 0.0846. The van der Waals surface area contributed by atoms with Crippen LogP contribution in [-0.4, -0.2) is 25.3 Å². The summed E-state index contributed by atoms with van der Waals surface area (Å²) in [6, 6.07) is 5.18. The molecule has 136 valence electrons. The summed E-state index contributed by atoms with van der Waals surface area (Å²) in [5.41, 5.74) is 1.95. The maximum atomic E-state index is 12.8. The molecule has 6 nitrogen and oxygen atoms in total. The lowest BCUT2D eigenvalue weighted by Crippen LogP contribution is -2.21. The van der Waals surface area contributed by atoms with Gasteiger partial charge in [-0.05, 0) is 31.9 Å². The molecular weight excluding hydrogens is 320 g/mol. The van der Waals surface area contributed by atoms with Gasteiger partial charge >= 0.3 is 0 Å². The summed E-state index contributed by atoms with van der Waals surface area (Å²) in [7, 11) is 3.02. The highest BCUT2D eigenvalue weighted by Gasteiger charge is 2.30. The van der Waals surface area contributed by atoms with Crippen LogP contribution < -0.4 is 14.8 Å². The third-order valence-corrected chi connectivity index (χ3v) is 4.94. The van der Waals surface area contributed by atoms with Gasteiger partial charge in [0.15, 0.2) is 0 Å². The molecule has 0 aliphatic carbocycles. The molecule has 25 heavy (non-hydrogen) atoms. The number of anilines is 1. The van der Waals surface area contributed by atoms with Gasteiger partial charge in [-0.25, -0.2) is 0 Å². The number of benzene rings is 1. The average molecular weight is 346 g/mol. The highest BCUT2D eigenvalue weighted by Crippen LogP contribution is 2.36.